The molecule has 3 aromatic rings. The summed E-state index contributed by atoms with van der Waals surface area (Å²) in [6, 6.07) is 16.8. The number of rotatable bonds is 6. The van der Waals surface area contributed by atoms with Crippen molar-refractivity contribution in [1.29, 1.82) is 0 Å². The van der Waals surface area contributed by atoms with Gasteiger partial charge in [-0.25, -0.2) is 0 Å². The summed E-state index contributed by atoms with van der Waals surface area (Å²) in [6.45, 7) is 0.763. The van der Waals surface area contributed by atoms with Crippen molar-refractivity contribution in [2.24, 2.45) is 5.92 Å². The van der Waals surface area contributed by atoms with Crippen molar-refractivity contribution in [1.82, 2.24) is 10.3 Å². The van der Waals surface area contributed by atoms with Crippen LogP contribution in [0, 0.1) is 17.8 Å². The van der Waals surface area contributed by atoms with Crippen LogP contribution in [0.5, 0.6) is 11.5 Å². The lowest BCUT2D eigenvalue weighted by Crippen LogP contribution is -2.33. The molecule has 0 aliphatic carbocycles. The Morgan fingerprint density at radius 1 is 1.16 bits per heavy atom. The molecule has 0 spiro atoms. The van der Waals surface area contributed by atoms with Crippen LogP contribution in [-0.2, 0) is 9.59 Å². The van der Waals surface area contributed by atoms with Gasteiger partial charge >= 0.3 is 0 Å². The standard InChI is InChI=1S/C25H23N3O4/c1-31-21-10-7-20(8-11-21)28-17-19(15-24(28)29)25(30)27-12-2-3-14-32-22-9-6-18-5-4-13-26-23(18)16-22/h4-11,13,16,19H,12,14-15,17H2,1H3,(H,27,30). The number of carbonyl (C=O) groups is 2. The number of amides is 2. The van der Waals surface area contributed by atoms with Crippen LogP contribution in [0.3, 0.4) is 0 Å². The van der Waals surface area contributed by atoms with Crippen molar-refractivity contribution >= 4 is 28.4 Å². The quantitative estimate of drug-likeness (QED) is 0.610. The van der Waals surface area contributed by atoms with E-state index in [0.717, 1.165) is 22.3 Å². The molecule has 0 radical (unpaired) electrons. The van der Waals surface area contributed by atoms with Crippen LogP contribution in [0.4, 0.5) is 5.69 Å². The van der Waals surface area contributed by atoms with Gasteiger partial charge in [0.15, 0.2) is 0 Å². The van der Waals surface area contributed by atoms with Crippen molar-refractivity contribution in [3.8, 4) is 23.3 Å². The zero-order valence-corrected chi connectivity index (χ0v) is 17.7. The second-order valence-corrected chi connectivity index (χ2v) is 7.32. The van der Waals surface area contributed by atoms with Gasteiger partial charge in [-0.1, -0.05) is 17.9 Å². The molecule has 1 atom stereocenters. The van der Waals surface area contributed by atoms with Gasteiger partial charge in [0.2, 0.25) is 11.8 Å². The van der Waals surface area contributed by atoms with Crippen LogP contribution >= 0.6 is 0 Å². The van der Waals surface area contributed by atoms with E-state index in [1.165, 1.54) is 0 Å². The Hall–Kier alpha value is -4.05. The highest BCUT2D eigenvalue weighted by Gasteiger charge is 2.34. The number of aromatic nitrogens is 1. The minimum atomic E-state index is -0.396. The molecule has 162 valence electrons. The first kappa shape index (κ1) is 21.2. The maximum absolute atomic E-state index is 12.4. The number of benzene rings is 2. The van der Waals surface area contributed by atoms with Crippen LogP contribution in [-0.4, -0.2) is 43.6 Å². The maximum atomic E-state index is 12.4. The molecule has 1 N–H and O–H groups in total. The van der Waals surface area contributed by atoms with Crippen molar-refractivity contribution in [2.45, 2.75) is 6.42 Å². The first-order chi connectivity index (χ1) is 15.6. The van der Waals surface area contributed by atoms with Gasteiger partial charge < -0.3 is 19.7 Å². The number of nitrogens with zero attached hydrogens (tertiary/aromatic N) is 2. The number of ether oxygens (including phenoxy) is 2. The molecular weight excluding hydrogens is 406 g/mol. The minimum Gasteiger partial charge on any atom is -0.497 e. The van der Waals surface area contributed by atoms with Gasteiger partial charge in [-0.15, -0.1) is 0 Å². The Kier molecular flexibility index (Phi) is 6.52. The monoisotopic (exact) mass is 429 g/mol. The summed E-state index contributed by atoms with van der Waals surface area (Å²) in [6.07, 6.45) is 1.92. The highest BCUT2D eigenvalue weighted by molar-refractivity contribution is 6.00. The van der Waals surface area contributed by atoms with Gasteiger partial charge in [-0.2, -0.15) is 0 Å². The number of hydrogen-bond donors (Lipinski definition) is 1. The number of methoxy groups -OCH3 is 1. The second kappa shape index (κ2) is 9.84. The van der Waals surface area contributed by atoms with Gasteiger partial charge in [0.25, 0.3) is 0 Å². The molecule has 1 aromatic heterocycles. The van der Waals surface area contributed by atoms with E-state index in [0.29, 0.717) is 12.3 Å². The number of pyridine rings is 1. The molecule has 2 amide bonds. The van der Waals surface area contributed by atoms with E-state index in [1.54, 1.807) is 30.3 Å². The van der Waals surface area contributed by atoms with Gasteiger partial charge in [0.05, 0.1) is 25.1 Å². The van der Waals surface area contributed by atoms with Crippen LogP contribution in [0.15, 0.2) is 60.8 Å². The largest absolute Gasteiger partial charge is 0.497 e. The molecular formula is C25H23N3O4. The predicted octanol–water partition coefficient (Wildman–Crippen LogP) is 2.79. The molecule has 2 heterocycles. The fraction of sp³-hybridized carbons (Fsp3) is 0.240. The molecule has 1 fully saturated rings. The SMILES string of the molecule is COc1ccc(N2CC(C(=O)NCC#CCOc3ccc4cccnc4c3)CC2=O)cc1. The minimum absolute atomic E-state index is 0.0697. The van der Waals surface area contributed by atoms with Crippen LogP contribution in [0.1, 0.15) is 6.42 Å². The van der Waals surface area contributed by atoms with Crippen LogP contribution < -0.4 is 19.7 Å². The summed E-state index contributed by atoms with van der Waals surface area (Å²) in [5, 5.41) is 3.83. The number of anilines is 1. The predicted molar refractivity (Wildman–Crippen MR) is 121 cm³/mol. The lowest BCUT2D eigenvalue weighted by Gasteiger charge is -2.16. The van der Waals surface area contributed by atoms with Gasteiger partial charge in [-0.3, -0.25) is 14.6 Å². The topological polar surface area (TPSA) is 80.8 Å². The molecule has 0 bridgehead atoms. The molecule has 32 heavy (non-hydrogen) atoms. The highest BCUT2D eigenvalue weighted by atomic mass is 16.5. The molecule has 0 saturated carbocycles. The third-order valence-electron chi connectivity index (χ3n) is 5.24. The summed E-state index contributed by atoms with van der Waals surface area (Å²) in [7, 11) is 1.59. The highest BCUT2D eigenvalue weighted by Crippen LogP contribution is 2.26. The van der Waals surface area contributed by atoms with E-state index < -0.39 is 5.92 Å². The van der Waals surface area contributed by atoms with E-state index >= 15 is 0 Å². The number of fused-ring (bicyclic) bond motifs is 1. The lowest BCUT2D eigenvalue weighted by atomic mass is 10.1. The smallest absolute Gasteiger partial charge is 0.227 e. The summed E-state index contributed by atoms with van der Waals surface area (Å²) in [5.74, 6) is 6.53. The molecule has 4 rings (SSSR count). The molecule has 1 aliphatic rings. The van der Waals surface area contributed by atoms with E-state index in [1.807, 2.05) is 42.5 Å². The number of hydrogen-bond acceptors (Lipinski definition) is 5. The zero-order valence-electron chi connectivity index (χ0n) is 17.7. The Bertz CT molecular complexity index is 1180. The van der Waals surface area contributed by atoms with Crippen molar-refractivity contribution in [3.63, 3.8) is 0 Å². The Balaban J connectivity index is 1.22. The Morgan fingerprint density at radius 3 is 2.78 bits per heavy atom. The summed E-state index contributed by atoms with van der Waals surface area (Å²) >= 11 is 0. The molecule has 7 heteroatoms. The van der Waals surface area contributed by atoms with E-state index in [-0.39, 0.29) is 31.4 Å². The lowest BCUT2D eigenvalue weighted by molar-refractivity contribution is -0.126. The summed E-state index contributed by atoms with van der Waals surface area (Å²) < 4.78 is 10.8. The first-order valence-corrected chi connectivity index (χ1v) is 10.3. The Morgan fingerprint density at radius 2 is 1.97 bits per heavy atom. The van der Waals surface area contributed by atoms with Crippen molar-refractivity contribution in [2.75, 3.05) is 31.7 Å². The van der Waals surface area contributed by atoms with Gasteiger partial charge in [-0.05, 0) is 42.5 Å². The van der Waals surface area contributed by atoms with Crippen molar-refractivity contribution < 1.29 is 19.1 Å². The second-order valence-electron chi connectivity index (χ2n) is 7.32. The number of nitrogens with one attached hydrogen (secondary N) is 1. The maximum Gasteiger partial charge on any atom is 0.227 e. The normalized spacial score (nSPS) is 15.2. The fourth-order valence-corrected chi connectivity index (χ4v) is 3.54. The van der Waals surface area contributed by atoms with Gasteiger partial charge in [0, 0.05) is 36.3 Å². The molecule has 1 saturated heterocycles. The van der Waals surface area contributed by atoms with Gasteiger partial charge in [0.1, 0.15) is 18.1 Å². The molecule has 1 unspecified atom stereocenters. The summed E-state index contributed by atoms with van der Waals surface area (Å²) in [5.41, 5.74) is 1.62. The third kappa shape index (κ3) is 4.98. The average molecular weight is 429 g/mol. The summed E-state index contributed by atoms with van der Waals surface area (Å²) in [4.78, 5) is 30.7. The van der Waals surface area contributed by atoms with E-state index in [4.69, 9.17) is 9.47 Å². The van der Waals surface area contributed by atoms with E-state index in [9.17, 15) is 9.59 Å². The fourth-order valence-electron chi connectivity index (χ4n) is 3.54. The third-order valence-corrected chi connectivity index (χ3v) is 5.24. The zero-order chi connectivity index (χ0) is 22.3. The average Bonchev–Trinajstić information content (AvgIpc) is 3.22. The number of carbonyl (C=O) groups excluding carboxylic acids is 2. The molecule has 2 aromatic carbocycles. The first-order valence-electron chi connectivity index (χ1n) is 10.3. The van der Waals surface area contributed by atoms with Crippen LogP contribution in [0.2, 0.25) is 0 Å². The van der Waals surface area contributed by atoms with E-state index in [2.05, 4.69) is 22.1 Å². The Labute approximate surface area is 186 Å². The van der Waals surface area contributed by atoms with Crippen LogP contribution in [0.25, 0.3) is 10.9 Å². The molecule has 7 nitrogen and oxygen atoms in total. The molecule has 1 aliphatic heterocycles. The van der Waals surface area contributed by atoms with Crippen molar-refractivity contribution in [3.05, 3.63) is 60.8 Å².